The van der Waals surface area contributed by atoms with Gasteiger partial charge in [-0.2, -0.15) is 0 Å². The zero-order valence-electron chi connectivity index (χ0n) is 12.9. The minimum absolute atomic E-state index is 0.111. The summed E-state index contributed by atoms with van der Waals surface area (Å²) < 4.78 is 0. The van der Waals surface area contributed by atoms with Crippen LogP contribution in [0.5, 0.6) is 0 Å². The normalized spacial score (nSPS) is 15.9. The maximum absolute atomic E-state index is 10.5. The van der Waals surface area contributed by atoms with Gasteiger partial charge in [-0.25, -0.2) is 0 Å². The third-order valence-electron chi connectivity index (χ3n) is 3.68. The van der Waals surface area contributed by atoms with Crippen molar-refractivity contribution >= 4 is 5.69 Å². The fourth-order valence-corrected chi connectivity index (χ4v) is 2.12. The molecule has 0 saturated carbocycles. The maximum atomic E-state index is 10.5. The molecular formula is C16H28N2O. The molecule has 0 aliphatic rings. The second kappa shape index (κ2) is 7.51. The third kappa shape index (κ3) is 4.51. The average Bonchev–Trinajstić information content (AvgIpc) is 2.43. The molecule has 1 rings (SSSR count). The Morgan fingerprint density at radius 3 is 2.11 bits per heavy atom. The van der Waals surface area contributed by atoms with Gasteiger partial charge in [-0.1, -0.05) is 26.0 Å². The first-order valence-electron chi connectivity index (χ1n) is 7.21. The van der Waals surface area contributed by atoms with Crippen molar-refractivity contribution in [2.75, 3.05) is 19.0 Å². The van der Waals surface area contributed by atoms with E-state index in [0.29, 0.717) is 6.04 Å². The Morgan fingerprint density at radius 2 is 1.68 bits per heavy atom. The van der Waals surface area contributed by atoms with Gasteiger partial charge in [0.2, 0.25) is 0 Å². The Labute approximate surface area is 117 Å². The molecule has 2 N–H and O–H groups in total. The van der Waals surface area contributed by atoms with Gasteiger partial charge in [0.05, 0.1) is 6.10 Å². The zero-order valence-corrected chi connectivity index (χ0v) is 12.9. The van der Waals surface area contributed by atoms with E-state index in [4.69, 9.17) is 0 Å². The molecule has 0 spiro atoms. The molecule has 0 bridgehead atoms. The number of hydrogen-bond acceptors (Lipinski definition) is 3. The second-order valence-electron chi connectivity index (χ2n) is 5.42. The van der Waals surface area contributed by atoms with Crippen LogP contribution in [0, 0.1) is 0 Å². The van der Waals surface area contributed by atoms with Crippen molar-refractivity contribution in [3.8, 4) is 0 Å². The molecule has 108 valence electrons. The SMILES string of the molecule is CCC(C)NC(CC)C(O)c1ccc(N(C)C)cc1. The van der Waals surface area contributed by atoms with Gasteiger partial charge < -0.3 is 15.3 Å². The summed E-state index contributed by atoms with van der Waals surface area (Å²) in [4.78, 5) is 2.06. The summed E-state index contributed by atoms with van der Waals surface area (Å²) in [5.41, 5.74) is 2.13. The van der Waals surface area contributed by atoms with Crippen LogP contribution < -0.4 is 10.2 Å². The fourth-order valence-electron chi connectivity index (χ4n) is 2.12. The lowest BCUT2D eigenvalue weighted by atomic mass is 9.99. The first-order valence-corrected chi connectivity index (χ1v) is 7.21. The van der Waals surface area contributed by atoms with Gasteiger partial charge in [-0.15, -0.1) is 0 Å². The molecule has 1 aromatic rings. The fraction of sp³-hybridized carbons (Fsp3) is 0.625. The second-order valence-corrected chi connectivity index (χ2v) is 5.42. The Hall–Kier alpha value is -1.06. The van der Waals surface area contributed by atoms with Gasteiger partial charge in [-0.05, 0) is 37.5 Å². The van der Waals surface area contributed by atoms with Crippen LogP contribution in [-0.4, -0.2) is 31.3 Å². The lowest BCUT2D eigenvalue weighted by Gasteiger charge is -2.27. The van der Waals surface area contributed by atoms with E-state index in [1.54, 1.807) is 0 Å². The first-order chi connectivity index (χ1) is 8.99. The van der Waals surface area contributed by atoms with Gasteiger partial charge in [0, 0.05) is 31.9 Å². The van der Waals surface area contributed by atoms with E-state index in [9.17, 15) is 5.11 Å². The van der Waals surface area contributed by atoms with Crippen LogP contribution in [0.25, 0.3) is 0 Å². The number of aliphatic hydroxyl groups excluding tert-OH is 1. The van der Waals surface area contributed by atoms with Gasteiger partial charge in [0.25, 0.3) is 0 Å². The van der Waals surface area contributed by atoms with Crippen molar-refractivity contribution in [3.63, 3.8) is 0 Å². The molecule has 0 heterocycles. The number of anilines is 1. The first kappa shape index (κ1) is 16.0. The van der Waals surface area contributed by atoms with Gasteiger partial charge >= 0.3 is 0 Å². The average molecular weight is 264 g/mol. The molecule has 0 amide bonds. The van der Waals surface area contributed by atoms with Gasteiger partial charge in [-0.3, -0.25) is 0 Å². The number of hydrogen-bond donors (Lipinski definition) is 2. The molecule has 3 atom stereocenters. The van der Waals surface area contributed by atoms with Gasteiger partial charge in [0.1, 0.15) is 0 Å². The highest BCUT2D eigenvalue weighted by atomic mass is 16.3. The summed E-state index contributed by atoms with van der Waals surface area (Å²) in [7, 11) is 4.04. The Bertz CT molecular complexity index is 362. The molecule has 1 aromatic carbocycles. The van der Waals surface area contributed by atoms with Crippen LogP contribution in [0.3, 0.4) is 0 Å². The smallest absolute Gasteiger partial charge is 0.0942 e. The molecule has 0 aliphatic heterocycles. The molecule has 0 radical (unpaired) electrons. The van der Waals surface area contributed by atoms with Crippen LogP contribution in [0.2, 0.25) is 0 Å². The molecule has 0 saturated heterocycles. The Kier molecular flexibility index (Phi) is 6.32. The van der Waals surface area contributed by atoms with E-state index in [1.165, 1.54) is 0 Å². The molecule has 0 fully saturated rings. The van der Waals surface area contributed by atoms with Crippen molar-refractivity contribution in [2.24, 2.45) is 0 Å². The summed E-state index contributed by atoms with van der Waals surface area (Å²) in [6.07, 6.45) is 1.54. The Morgan fingerprint density at radius 1 is 1.11 bits per heavy atom. The number of nitrogens with one attached hydrogen (secondary N) is 1. The summed E-state index contributed by atoms with van der Waals surface area (Å²) in [6.45, 7) is 6.42. The van der Waals surface area contributed by atoms with Crippen LogP contribution >= 0.6 is 0 Å². The lowest BCUT2D eigenvalue weighted by molar-refractivity contribution is 0.120. The largest absolute Gasteiger partial charge is 0.387 e. The minimum Gasteiger partial charge on any atom is -0.387 e. The van der Waals surface area contributed by atoms with Crippen molar-refractivity contribution in [2.45, 2.75) is 51.8 Å². The van der Waals surface area contributed by atoms with E-state index in [0.717, 1.165) is 24.1 Å². The summed E-state index contributed by atoms with van der Waals surface area (Å²) in [5.74, 6) is 0. The monoisotopic (exact) mass is 264 g/mol. The predicted molar refractivity (Wildman–Crippen MR) is 82.7 cm³/mol. The summed E-state index contributed by atoms with van der Waals surface area (Å²) in [5, 5.41) is 14.0. The molecule has 3 heteroatoms. The van der Waals surface area contributed by atoms with Crippen LogP contribution in [0.1, 0.15) is 45.3 Å². The van der Waals surface area contributed by atoms with Gasteiger partial charge in [0.15, 0.2) is 0 Å². The molecular weight excluding hydrogens is 236 g/mol. The van der Waals surface area contributed by atoms with E-state index < -0.39 is 6.10 Å². The molecule has 0 aliphatic carbocycles. The summed E-state index contributed by atoms with van der Waals surface area (Å²) in [6, 6.07) is 8.67. The van der Waals surface area contributed by atoms with Crippen molar-refractivity contribution < 1.29 is 5.11 Å². The van der Waals surface area contributed by atoms with E-state index in [1.807, 2.05) is 26.2 Å². The highest BCUT2D eigenvalue weighted by Crippen LogP contribution is 2.22. The summed E-state index contributed by atoms with van der Waals surface area (Å²) >= 11 is 0. The van der Waals surface area contributed by atoms with Crippen LogP contribution in [0.4, 0.5) is 5.69 Å². The van der Waals surface area contributed by atoms with Crippen molar-refractivity contribution in [1.82, 2.24) is 5.32 Å². The standard InChI is InChI=1S/C16H28N2O/c1-6-12(3)17-15(7-2)16(19)13-8-10-14(11-9-13)18(4)5/h8-12,15-17,19H,6-7H2,1-5H3. The van der Waals surface area contributed by atoms with Crippen molar-refractivity contribution in [3.05, 3.63) is 29.8 Å². The quantitative estimate of drug-likeness (QED) is 0.795. The number of aliphatic hydroxyl groups is 1. The maximum Gasteiger partial charge on any atom is 0.0942 e. The topological polar surface area (TPSA) is 35.5 Å². The third-order valence-corrected chi connectivity index (χ3v) is 3.68. The van der Waals surface area contributed by atoms with Crippen LogP contribution in [0.15, 0.2) is 24.3 Å². The minimum atomic E-state index is -0.449. The van der Waals surface area contributed by atoms with E-state index in [-0.39, 0.29) is 6.04 Å². The van der Waals surface area contributed by atoms with E-state index >= 15 is 0 Å². The molecule has 0 aromatic heterocycles. The number of nitrogens with zero attached hydrogens (tertiary/aromatic N) is 1. The lowest BCUT2D eigenvalue weighted by Crippen LogP contribution is -2.40. The van der Waals surface area contributed by atoms with Crippen LogP contribution in [-0.2, 0) is 0 Å². The van der Waals surface area contributed by atoms with Crippen molar-refractivity contribution in [1.29, 1.82) is 0 Å². The predicted octanol–water partition coefficient (Wildman–Crippen LogP) is 2.95. The molecule has 19 heavy (non-hydrogen) atoms. The highest BCUT2D eigenvalue weighted by Gasteiger charge is 2.20. The molecule has 3 unspecified atom stereocenters. The number of rotatable bonds is 7. The van der Waals surface area contributed by atoms with E-state index in [2.05, 4.69) is 43.1 Å². The number of benzene rings is 1. The molecule has 3 nitrogen and oxygen atoms in total. The Balaban J connectivity index is 2.76. The zero-order chi connectivity index (χ0) is 14.4. The highest BCUT2D eigenvalue weighted by molar-refractivity contribution is 5.46.